The van der Waals surface area contributed by atoms with Gasteiger partial charge in [-0.2, -0.15) is 0 Å². The van der Waals surface area contributed by atoms with Gasteiger partial charge in [0.25, 0.3) is 11.8 Å². The lowest BCUT2D eigenvalue weighted by molar-refractivity contribution is 0.0934. The lowest BCUT2D eigenvalue weighted by Gasteiger charge is -2.38. The summed E-state index contributed by atoms with van der Waals surface area (Å²) in [4.78, 5) is 43.2. The Hall–Kier alpha value is -3.62. The number of piperidine rings is 1. The Kier molecular flexibility index (Phi) is 6.32. The molecule has 2 heterocycles. The number of anilines is 2. The third kappa shape index (κ3) is 4.80. The van der Waals surface area contributed by atoms with Crippen molar-refractivity contribution in [1.82, 2.24) is 10.3 Å². The molecule has 0 bridgehead atoms. The fourth-order valence-electron chi connectivity index (χ4n) is 5.65. The molecule has 1 aromatic heterocycles. The number of primary amides is 2. The van der Waals surface area contributed by atoms with Gasteiger partial charge in [-0.05, 0) is 81.2 Å². The van der Waals surface area contributed by atoms with Crippen molar-refractivity contribution in [3.8, 4) is 0 Å². The first-order valence-corrected chi connectivity index (χ1v) is 12.4. The number of carbonyl (C=O) groups is 3. The lowest BCUT2D eigenvalue weighted by Crippen LogP contribution is -2.43. The highest BCUT2D eigenvalue weighted by Gasteiger charge is 2.41. The molecule has 3 amide bonds. The number of amides is 3. The first-order valence-electron chi connectivity index (χ1n) is 12.4. The number of nitrogens with one attached hydrogen (secondary N) is 2. The molecule has 2 saturated carbocycles. The summed E-state index contributed by atoms with van der Waals surface area (Å²) in [5.41, 5.74) is 12.8. The van der Waals surface area contributed by atoms with E-state index in [1.807, 2.05) is 6.07 Å². The van der Waals surface area contributed by atoms with Gasteiger partial charge in [0.15, 0.2) is 0 Å². The average molecular weight is 477 g/mol. The Balaban J connectivity index is 1.27. The monoisotopic (exact) mass is 476 g/mol. The molecule has 3 aliphatic rings. The van der Waals surface area contributed by atoms with Crippen LogP contribution in [0.3, 0.4) is 0 Å². The molecule has 2 aromatic rings. The highest BCUT2D eigenvalue weighted by atomic mass is 16.2. The van der Waals surface area contributed by atoms with E-state index in [1.54, 1.807) is 24.3 Å². The number of carbonyl (C=O) groups excluding carboxylic acids is 3. The maximum absolute atomic E-state index is 13.1. The minimum absolute atomic E-state index is 0.0573. The number of hydrogen-bond acceptors (Lipinski definition) is 6. The molecule has 0 radical (unpaired) electrons. The van der Waals surface area contributed by atoms with Crippen LogP contribution in [0.15, 0.2) is 36.5 Å². The summed E-state index contributed by atoms with van der Waals surface area (Å²) >= 11 is 0. The van der Waals surface area contributed by atoms with Gasteiger partial charge in [-0.3, -0.25) is 14.4 Å². The maximum atomic E-state index is 13.1. The van der Waals surface area contributed by atoms with Gasteiger partial charge < -0.3 is 27.0 Å². The van der Waals surface area contributed by atoms with Gasteiger partial charge in [0, 0.05) is 42.1 Å². The van der Waals surface area contributed by atoms with Crippen LogP contribution in [-0.2, 0) is 0 Å². The molecule has 9 heteroatoms. The third-order valence-electron chi connectivity index (χ3n) is 7.71. The van der Waals surface area contributed by atoms with Crippen LogP contribution in [-0.4, -0.2) is 47.4 Å². The molecule has 3 unspecified atom stereocenters. The summed E-state index contributed by atoms with van der Waals surface area (Å²) < 4.78 is 0. The number of nitrogens with zero attached hydrogens (tertiary/aromatic N) is 2. The van der Waals surface area contributed by atoms with E-state index in [-0.39, 0.29) is 18.0 Å². The Morgan fingerprint density at radius 2 is 1.71 bits per heavy atom. The molecular formula is C26H32N6O3. The van der Waals surface area contributed by atoms with Crippen LogP contribution >= 0.6 is 0 Å². The molecule has 6 N–H and O–H groups in total. The average Bonchev–Trinajstić information content (AvgIpc) is 3.23. The van der Waals surface area contributed by atoms with Crippen LogP contribution in [0.5, 0.6) is 0 Å². The highest BCUT2D eigenvalue weighted by Crippen LogP contribution is 2.39. The minimum atomic E-state index is -0.504. The van der Waals surface area contributed by atoms with Gasteiger partial charge in [-0.1, -0.05) is 0 Å². The van der Waals surface area contributed by atoms with Crippen molar-refractivity contribution in [3.63, 3.8) is 0 Å². The van der Waals surface area contributed by atoms with Crippen LogP contribution < -0.4 is 27.0 Å². The van der Waals surface area contributed by atoms with Crippen LogP contribution in [0, 0.1) is 5.92 Å². The Labute approximate surface area is 204 Å². The topological polar surface area (TPSA) is 143 Å². The van der Waals surface area contributed by atoms with E-state index in [0.29, 0.717) is 34.3 Å². The maximum Gasteiger partial charge on any atom is 0.251 e. The van der Waals surface area contributed by atoms with Gasteiger partial charge >= 0.3 is 0 Å². The number of rotatable bonds is 7. The zero-order chi connectivity index (χ0) is 24.5. The molecule has 1 aliphatic heterocycles. The number of benzene rings is 1. The van der Waals surface area contributed by atoms with Crippen LogP contribution in [0.25, 0.3) is 0 Å². The van der Waals surface area contributed by atoms with Gasteiger partial charge in [-0.25, -0.2) is 4.98 Å². The molecule has 5 rings (SSSR count). The summed E-state index contributed by atoms with van der Waals surface area (Å²) in [6.07, 6.45) is 8.73. The number of fused-ring (bicyclic) bond motifs is 1. The van der Waals surface area contributed by atoms with E-state index in [4.69, 9.17) is 11.5 Å². The largest absolute Gasteiger partial charge is 0.382 e. The van der Waals surface area contributed by atoms with Gasteiger partial charge in [0.1, 0.15) is 5.82 Å². The third-order valence-corrected chi connectivity index (χ3v) is 7.71. The first-order chi connectivity index (χ1) is 16.9. The fraction of sp³-hybridized carbons (Fsp3) is 0.462. The highest BCUT2D eigenvalue weighted by molar-refractivity contribution is 6.02. The summed E-state index contributed by atoms with van der Waals surface area (Å²) in [5.74, 6) is 0.178. The fourth-order valence-corrected chi connectivity index (χ4v) is 5.65. The molecule has 3 atom stereocenters. The second-order valence-corrected chi connectivity index (χ2v) is 9.97. The van der Waals surface area contributed by atoms with E-state index < -0.39 is 11.8 Å². The van der Waals surface area contributed by atoms with Crippen molar-refractivity contribution in [1.29, 1.82) is 0 Å². The van der Waals surface area contributed by atoms with Crippen LogP contribution in [0.4, 0.5) is 11.5 Å². The standard InChI is InChI=1S/C26H32N6O3/c27-24(33)17-7-9-23(29-14-17)32-10-2-3-15-11-19(13-22(15)32)31-26(35)16-6-8-20(25(28)34)21(12-16)30-18-4-1-5-18/h6-9,12,14-15,18-19,22,30H,1-5,10-11,13H2,(H2,27,33)(H2,28,34)(H,31,35). The summed E-state index contributed by atoms with van der Waals surface area (Å²) in [7, 11) is 0. The summed E-state index contributed by atoms with van der Waals surface area (Å²) in [5, 5.41) is 6.58. The number of aromatic nitrogens is 1. The molecule has 35 heavy (non-hydrogen) atoms. The SMILES string of the molecule is NC(=O)c1ccc(N2CCCC3CC(NC(=O)c4ccc(C(N)=O)c(NC5CCC5)c4)CC32)nc1. The second-order valence-electron chi connectivity index (χ2n) is 9.97. The molecule has 9 nitrogen and oxygen atoms in total. The smallest absolute Gasteiger partial charge is 0.251 e. The molecule has 2 aliphatic carbocycles. The number of hydrogen-bond donors (Lipinski definition) is 4. The quantitative estimate of drug-likeness (QED) is 0.483. The first kappa shape index (κ1) is 23.1. The zero-order valence-electron chi connectivity index (χ0n) is 19.7. The van der Waals surface area contributed by atoms with E-state index in [0.717, 1.165) is 57.3 Å². The van der Waals surface area contributed by atoms with E-state index >= 15 is 0 Å². The van der Waals surface area contributed by atoms with Crippen molar-refractivity contribution in [2.24, 2.45) is 17.4 Å². The van der Waals surface area contributed by atoms with Crippen LogP contribution in [0.2, 0.25) is 0 Å². The van der Waals surface area contributed by atoms with Crippen molar-refractivity contribution < 1.29 is 14.4 Å². The Morgan fingerprint density at radius 1 is 0.914 bits per heavy atom. The minimum Gasteiger partial charge on any atom is -0.382 e. The summed E-state index contributed by atoms with van der Waals surface area (Å²) in [6.45, 7) is 0.898. The van der Waals surface area contributed by atoms with Crippen molar-refractivity contribution in [3.05, 3.63) is 53.2 Å². The van der Waals surface area contributed by atoms with Crippen LogP contribution in [0.1, 0.15) is 76.0 Å². The summed E-state index contributed by atoms with van der Waals surface area (Å²) in [6, 6.07) is 9.28. The van der Waals surface area contributed by atoms with Crippen molar-refractivity contribution in [2.75, 3.05) is 16.8 Å². The Bertz CT molecular complexity index is 1130. The van der Waals surface area contributed by atoms with Crippen molar-refractivity contribution in [2.45, 2.75) is 63.1 Å². The van der Waals surface area contributed by atoms with E-state index in [2.05, 4.69) is 20.5 Å². The number of pyridine rings is 1. The molecule has 1 saturated heterocycles. The second kappa shape index (κ2) is 9.56. The van der Waals surface area contributed by atoms with E-state index in [9.17, 15) is 14.4 Å². The van der Waals surface area contributed by atoms with Gasteiger partial charge in [0.05, 0.1) is 11.1 Å². The molecule has 3 fully saturated rings. The molecular weight excluding hydrogens is 444 g/mol. The molecule has 1 aromatic carbocycles. The van der Waals surface area contributed by atoms with E-state index in [1.165, 1.54) is 6.20 Å². The number of nitrogens with two attached hydrogens (primary N) is 2. The predicted octanol–water partition coefficient (Wildman–Crippen LogP) is 2.42. The lowest BCUT2D eigenvalue weighted by atomic mass is 9.92. The van der Waals surface area contributed by atoms with Crippen molar-refractivity contribution >= 4 is 29.2 Å². The molecule has 184 valence electrons. The normalized spacial score (nSPS) is 23.8. The van der Waals surface area contributed by atoms with Gasteiger partial charge in [-0.15, -0.1) is 0 Å². The van der Waals surface area contributed by atoms with Gasteiger partial charge in [0.2, 0.25) is 5.91 Å². The molecule has 0 spiro atoms. The predicted molar refractivity (Wildman–Crippen MR) is 133 cm³/mol. The zero-order valence-corrected chi connectivity index (χ0v) is 19.7. The Morgan fingerprint density at radius 3 is 2.37 bits per heavy atom.